The lowest BCUT2D eigenvalue weighted by atomic mass is 9.65. The van der Waals surface area contributed by atoms with Crippen molar-refractivity contribution < 1.29 is 14.3 Å². The Kier molecular flexibility index (Phi) is 5.58. The van der Waals surface area contributed by atoms with Crippen LogP contribution in [0.1, 0.15) is 35.2 Å². The molecule has 1 aliphatic carbocycles. The summed E-state index contributed by atoms with van der Waals surface area (Å²) in [6.07, 6.45) is 9.91. The molecule has 1 aliphatic heterocycles. The standard InChI is InChI=1S/C27H29N7O3/c1-32-13-20(11-29-32)19-10-22-24(21(25(28)35)12-30-34(22)14-19)31-23-15-33(17-27(23)8-5-9-27)26(36)37-16-18-6-3-2-4-7-18/h2-4,6-7,10-14,23,31H,5,8-9,15-17H2,1H3,(H2,28,35). The molecule has 2 amide bonds. The maximum Gasteiger partial charge on any atom is 0.410 e. The van der Waals surface area contributed by atoms with E-state index in [1.807, 2.05) is 55.8 Å². The molecule has 1 atom stereocenters. The van der Waals surface area contributed by atoms with Gasteiger partial charge in [0.2, 0.25) is 0 Å². The Morgan fingerprint density at radius 2 is 1.95 bits per heavy atom. The highest BCUT2D eigenvalue weighted by Crippen LogP contribution is 2.49. The number of nitrogens with one attached hydrogen (secondary N) is 1. The summed E-state index contributed by atoms with van der Waals surface area (Å²) in [5, 5.41) is 12.3. The third kappa shape index (κ3) is 4.18. The van der Waals surface area contributed by atoms with Crippen LogP contribution in [0.5, 0.6) is 0 Å². The molecule has 3 aromatic heterocycles. The summed E-state index contributed by atoms with van der Waals surface area (Å²) in [5.74, 6) is -0.554. The first-order chi connectivity index (χ1) is 17.9. The Morgan fingerprint density at radius 3 is 2.62 bits per heavy atom. The molecular formula is C27H29N7O3. The van der Waals surface area contributed by atoms with E-state index in [2.05, 4.69) is 15.5 Å². The number of benzene rings is 1. The van der Waals surface area contributed by atoms with Crippen molar-refractivity contribution in [2.75, 3.05) is 18.4 Å². The Bertz CT molecular complexity index is 1470. The summed E-state index contributed by atoms with van der Waals surface area (Å²) in [4.78, 5) is 27.1. The summed E-state index contributed by atoms with van der Waals surface area (Å²) in [6, 6.07) is 11.6. The van der Waals surface area contributed by atoms with E-state index in [-0.39, 0.29) is 24.2 Å². The molecule has 10 nitrogen and oxygen atoms in total. The van der Waals surface area contributed by atoms with Gasteiger partial charge in [-0.2, -0.15) is 10.2 Å². The number of nitrogens with two attached hydrogens (primary N) is 1. The molecule has 1 aromatic carbocycles. The number of carbonyl (C=O) groups excluding carboxylic acids is 2. The summed E-state index contributed by atoms with van der Waals surface area (Å²) in [6.45, 7) is 1.34. The summed E-state index contributed by atoms with van der Waals surface area (Å²) in [7, 11) is 1.87. The highest BCUT2D eigenvalue weighted by Gasteiger charge is 2.52. The highest BCUT2D eigenvalue weighted by molar-refractivity contribution is 6.02. The van der Waals surface area contributed by atoms with Gasteiger partial charge < -0.3 is 20.7 Å². The smallest absolute Gasteiger partial charge is 0.410 e. The number of carbonyl (C=O) groups is 2. The van der Waals surface area contributed by atoms with Gasteiger partial charge in [-0.25, -0.2) is 9.31 Å². The zero-order valence-corrected chi connectivity index (χ0v) is 20.6. The van der Waals surface area contributed by atoms with E-state index < -0.39 is 5.91 Å². The van der Waals surface area contributed by atoms with Gasteiger partial charge in [0.15, 0.2) is 0 Å². The van der Waals surface area contributed by atoms with Crippen LogP contribution in [0.15, 0.2) is 61.2 Å². The summed E-state index contributed by atoms with van der Waals surface area (Å²) >= 11 is 0. The van der Waals surface area contributed by atoms with Gasteiger partial charge in [0.1, 0.15) is 6.61 Å². The van der Waals surface area contributed by atoms with Crippen LogP contribution in [-0.2, 0) is 18.4 Å². The van der Waals surface area contributed by atoms with E-state index in [1.165, 1.54) is 6.20 Å². The molecule has 190 valence electrons. The van der Waals surface area contributed by atoms with E-state index >= 15 is 0 Å². The van der Waals surface area contributed by atoms with Gasteiger partial charge in [-0.1, -0.05) is 36.8 Å². The van der Waals surface area contributed by atoms with Crippen molar-refractivity contribution in [3.8, 4) is 11.1 Å². The van der Waals surface area contributed by atoms with Crippen molar-refractivity contribution in [1.82, 2.24) is 24.3 Å². The van der Waals surface area contributed by atoms with Gasteiger partial charge in [0, 0.05) is 49.1 Å². The largest absolute Gasteiger partial charge is 0.445 e. The van der Waals surface area contributed by atoms with Gasteiger partial charge >= 0.3 is 6.09 Å². The minimum Gasteiger partial charge on any atom is -0.445 e. The number of rotatable bonds is 6. The van der Waals surface area contributed by atoms with Crippen LogP contribution >= 0.6 is 0 Å². The Morgan fingerprint density at radius 1 is 1.14 bits per heavy atom. The van der Waals surface area contributed by atoms with E-state index in [1.54, 1.807) is 20.3 Å². The summed E-state index contributed by atoms with van der Waals surface area (Å²) < 4.78 is 9.10. The lowest BCUT2D eigenvalue weighted by Crippen LogP contribution is -2.45. The molecule has 1 saturated carbocycles. The lowest BCUT2D eigenvalue weighted by Gasteiger charge is -2.43. The predicted molar refractivity (Wildman–Crippen MR) is 138 cm³/mol. The van der Waals surface area contributed by atoms with Crippen molar-refractivity contribution in [1.29, 1.82) is 0 Å². The van der Waals surface area contributed by atoms with Crippen molar-refractivity contribution >= 4 is 23.2 Å². The zero-order chi connectivity index (χ0) is 25.6. The molecular weight excluding hydrogens is 470 g/mol. The van der Waals surface area contributed by atoms with Crippen LogP contribution in [0.4, 0.5) is 10.5 Å². The third-order valence-electron chi connectivity index (χ3n) is 7.72. The average molecular weight is 500 g/mol. The minimum absolute atomic E-state index is 0.0495. The number of likely N-dealkylation sites (tertiary alicyclic amines) is 1. The molecule has 3 N–H and O–H groups in total. The number of anilines is 1. The predicted octanol–water partition coefficient (Wildman–Crippen LogP) is 3.44. The van der Waals surface area contributed by atoms with Crippen LogP contribution in [0.25, 0.3) is 16.6 Å². The molecule has 6 rings (SSSR count). The number of aromatic nitrogens is 4. The molecule has 0 radical (unpaired) electrons. The Labute approximate surface area is 214 Å². The highest BCUT2D eigenvalue weighted by atomic mass is 16.6. The number of primary amides is 1. The quantitative estimate of drug-likeness (QED) is 0.419. The minimum atomic E-state index is -0.554. The van der Waals surface area contributed by atoms with Crippen molar-refractivity contribution in [3.05, 3.63) is 72.3 Å². The Balaban J connectivity index is 1.28. The first-order valence-electron chi connectivity index (χ1n) is 12.4. The zero-order valence-electron chi connectivity index (χ0n) is 20.6. The molecule has 2 fully saturated rings. The van der Waals surface area contributed by atoms with Crippen LogP contribution in [0.2, 0.25) is 0 Å². The molecule has 1 spiro atoms. The second-order valence-electron chi connectivity index (χ2n) is 10.1. The van der Waals surface area contributed by atoms with Gasteiger partial charge in [-0.3, -0.25) is 9.48 Å². The number of hydrogen-bond donors (Lipinski definition) is 2. The van der Waals surface area contributed by atoms with Gasteiger partial charge in [0.25, 0.3) is 5.91 Å². The first-order valence-corrected chi connectivity index (χ1v) is 12.4. The number of hydrogen-bond acceptors (Lipinski definition) is 6. The number of nitrogens with zero attached hydrogens (tertiary/aromatic N) is 5. The van der Waals surface area contributed by atoms with Crippen LogP contribution in [0, 0.1) is 5.41 Å². The molecule has 1 saturated heterocycles. The second-order valence-corrected chi connectivity index (χ2v) is 10.1. The SMILES string of the molecule is Cn1cc(-c2cc3c(NC4CN(C(=O)OCc5ccccc5)CC45CCC5)c(C(N)=O)cnn3c2)cn1. The number of fused-ring (bicyclic) bond motifs is 1. The van der Waals surface area contributed by atoms with E-state index in [4.69, 9.17) is 10.5 Å². The molecule has 4 aromatic rings. The topological polar surface area (TPSA) is 120 Å². The lowest BCUT2D eigenvalue weighted by molar-refractivity contribution is 0.0878. The maximum atomic E-state index is 13.0. The molecule has 4 heterocycles. The second kappa shape index (κ2) is 8.95. The summed E-state index contributed by atoms with van der Waals surface area (Å²) in [5.41, 5.74) is 10.2. The molecule has 1 unspecified atom stereocenters. The number of ether oxygens (including phenoxy) is 1. The molecule has 0 bridgehead atoms. The number of aryl methyl sites for hydroxylation is 1. The van der Waals surface area contributed by atoms with Crippen molar-refractivity contribution in [3.63, 3.8) is 0 Å². The van der Waals surface area contributed by atoms with Crippen LogP contribution < -0.4 is 11.1 Å². The number of amides is 2. The van der Waals surface area contributed by atoms with E-state index in [0.29, 0.717) is 24.3 Å². The van der Waals surface area contributed by atoms with Crippen molar-refractivity contribution in [2.24, 2.45) is 18.2 Å². The maximum absolute atomic E-state index is 13.0. The van der Waals surface area contributed by atoms with Crippen molar-refractivity contribution in [2.45, 2.75) is 31.9 Å². The third-order valence-corrected chi connectivity index (χ3v) is 7.72. The fraction of sp³-hybridized carbons (Fsp3) is 0.333. The monoisotopic (exact) mass is 499 g/mol. The van der Waals surface area contributed by atoms with Crippen LogP contribution in [-0.4, -0.2) is 55.4 Å². The fourth-order valence-electron chi connectivity index (χ4n) is 5.55. The fourth-order valence-corrected chi connectivity index (χ4v) is 5.55. The van der Waals surface area contributed by atoms with E-state index in [9.17, 15) is 9.59 Å². The Hall–Kier alpha value is -4.34. The molecule has 37 heavy (non-hydrogen) atoms. The van der Waals surface area contributed by atoms with Gasteiger partial charge in [0.05, 0.1) is 35.2 Å². The first kappa shape index (κ1) is 23.1. The van der Waals surface area contributed by atoms with Gasteiger partial charge in [-0.05, 0) is 24.5 Å². The van der Waals surface area contributed by atoms with Gasteiger partial charge in [-0.15, -0.1) is 0 Å². The molecule has 10 heteroatoms. The van der Waals surface area contributed by atoms with Crippen LogP contribution in [0.3, 0.4) is 0 Å². The van der Waals surface area contributed by atoms with E-state index in [0.717, 1.165) is 41.5 Å². The normalized spacial score (nSPS) is 18.2. The molecule has 2 aliphatic rings. The average Bonchev–Trinajstić information content (AvgIpc) is 3.59.